The average Bonchev–Trinajstić information content (AvgIpc) is 3.27. The van der Waals surface area contributed by atoms with Gasteiger partial charge in [0.2, 0.25) is 0 Å². The van der Waals surface area contributed by atoms with Crippen LogP contribution in [0.2, 0.25) is 0 Å². The maximum atomic E-state index is 12.7. The van der Waals surface area contributed by atoms with Crippen LogP contribution >= 0.6 is 0 Å². The van der Waals surface area contributed by atoms with Crippen molar-refractivity contribution >= 4 is 16.9 Å². The Morgan fingerprint density at radius 1 is 1.03 bits per heavy atom. The second-order valence-corrected chi connectivity index (χ2v) is 8.66. The number of carbonyl (C=O) groups excluding carboxylic acids is 1. The maximum Gasteiger partial charge on any atom is 0.251 e. The first-order chi connectivity index (χ1) is 17.1. The molecule has 1 aromatic heterocycles. The van der Waals surface area contributed by atoms with Crippen molar-refractivity contribution in [2.24, 2.45) is 0 Å². The summed E-state index contributed by atoms with van der Waals surface area (Å²) in [5.74, 6) is 2.76. The van der Waals surface area contributed by atoms with Gasteiger partial charge in [0, 0.05) is 12.1 Å². The van der Waals surface area contributed by atoms with Crippen molar-refractivity contribution in [3.8, 4) is 11.5 Å². The van der Waals surface area contributed by atoms with Crippen LogP contribution in [-0.2, 0) is 13.1 Å². The number of nitrogens with one attached hydrogen (secondary N) is 1. The fraction of sp³-hybridized carbons (Fsp3) is 0.310. The van der Waals surface area contributed by atoms with Crippen LogP contribution in [0.15, 0.2) is 72.8 Å². The Hall–Kier alpha value is -3.80. The molecule has 1 heterocycles. The van der Waals surface area contributed by atoms with Crippen molar-refractivity contribution in [2.75, 3.05) is 13.7 Å². The number of fused-ring (bicyclic) bond motifs is 1. The van der Waals surface area contributed by atoms with Crippen molar-refractivity contribution < 1.29 is 14.3 Å². The van der Waals surface area contributed by atoms with E-state index in [0.717, 1.165) is 42.0 Å². The van der Waals surface area contributed by atoms with Crippen molar-refractivity contribution in [3.05, 3.63) is 89.7 Å². The number of aryl methyl sites for hydroxylation is 1. The van der Waals surface area contributed by atoms with Gasteiger partial charge in [0.1, 0.15) is 17.3 Å². The highest BCUT2D eigenvalue weighted by Gasteiger charge is 2.13. The smallest absolute Gasteiger partial charge is 0.251 e. The molecule has 0 aliphatic heterocycles. The number of carbonyl (C=O) groups is 1. The lowest BCUT2D eigenvalue weighted by Gasteiger charge is -2.12. The largest absolute Gasteiger partial charge is 0.497 e. The van der Waals surface area contributed by atoms with Gasteiger partial charge in [-0.3, -0.25) is 4.79 Å². The van der Waals surface area contributed by atoms with Crippen LogP contribution in [0.4, 0.5) is 0 Å². The van der Waals surface area contributed by atoms with Crippen LogP contribution in [0.3, 0.4) is 0 Å². The van der Waals surface area contributed by atoms with E-state index >= 15 is 0 Å². The van der Waals surface area contributed by atoms with E-state index in [1.54, 1.807) is 25.3 Å². The lowest BCUT2D eigenvalue weighted by Crippen LogP contribution is -2.25. The lowest BCUT2D eigenvalue weighted by atomic mass is 9.99. The first kappa shape index (κ1) is 24.3. The van der Waals surface area contributed by atoms with Gasteiger partial charge in [0.05, 0.1) is 31.3 Å². The third kappa shape index (κ3) is 6.01. The van der Waals surface area contributed by atoms with Crippen molar-refractivity contribution in [3.63, 3.8) is 0 Å². The summed E-state index contributed by atoms with van der Waals surface area (Å²) >= 11 is 0. The molecule has 0 saturated carbocycles. The van der Waals surface area contributed by atoms with Gasteiger partial charge in [0.15, 0.2) is 0 Å². The predicted octanol–water partition coefficient (Wildman–Crippen LogP) is 5.96. The van der Waals surface area contributed by atoms with Crippen molar-refractivity contribution in [1.82, 2.24) is 14.9 Å². The molecule has 0 saturated heterocycles. The number of imidazole rings is 1. The molecule has 6 nitrogen and oxygen atoms in total. The summed E-state index contributed by atoms with van der Waals surface area (Å²) in [6, 6.07) is 23.6. The van der Waals surface area contributed by atoms with Gasteiger partial charge < -0.3 is 19.4 Å². The Bertz CT molecular complexity index is 1260. The van der Waals surface area contributed by atoms with E-state index in [-0.39, 0.29) is 5.91 Å². The number of para-hydroxylation sites is 2. The van der Waals surface area contributed by atoms with Gasteiger partial charge in [-0.1, -0.05) is 44.2 Å². The molecule has 1 amide bonds. The van der Waals surface area contributed by atoms with Crippen LogP contribution in [0.5, 0.6) is 11.5 Å². The van der Waals surface area contributed by atoms with Gasteiger partial charge in [0.25, 0.3) is 5.91 Å². The highest BCUT2D eigenvalue weighted by molar-refractivity contribution is 5.94. The minimum absolute atomic E-state index is 0.160. The summed E-state index contributed by atoms with van der Waals surface area (Å²) in [5.41, 5.74) is 3.86. The summed E-state index contributed by atoms with van der Waals surface area (Å²) in [5, 5.41) is 2.99. The normalized spacial score (nSPS) is 11.9. The minimum Gasteiger partial charge on any atom is -0.497 e. The number of rotatable bonds is 11. The fourth-order valence-corrected chi connectivity index (χ4v) is 4.08. The molecular weight excluding hydrogens is 438 g/mol. The molecule has 0 radical (unpaired) electrons. The van der Waals surface area contributed by atoms with Gasteiger partial charge in [-0.05, 0) is 66.8 Å². The molecule has 4 aromatic rings. The zero-order valence-corrected chi connectivity index (χ0v) is 20.7. The van der Waals surface area contributed by atoms with Gasteiger partial charge in [-0.2, -0.15) is 0 Å². The Labute approximate surface area is 206 Å². The summed E-state index contributed by atoms with van der Waals surface area (Å²) in [6.07, 6.45) is 1.95. The summed E-state index contributed by atoms with van der Waals surface area (Å²) in [6.45, 7) is 6.12. The molecule has 0 aliphatic carbocycles. The zero-order chi connectivity index (χ0) is 24.6. The standard InChI is InChI=1S/C29H33N3O3/c1-4-21(2)22-13-15-24(16-14-22)35-18-8-17-32-27-12-6-5-11-26(27)31-28(32)20-30-29(33)23-9-7-10-25(19-23)34-3/h5-7,9-16,19,21H,4,8,17-18,20H2,1-3H3,(H,30,33). The lowest BCUT2D eigenvalue weighted by molar-refractivity contribution is 0.0949. The zero-order valence-electron chi connectivity index (χ0n) is 20.7. The summed E-state index contributed by atoms with van der Waals surface area (Å²) < 4.78 is 13.4. The first-order valence-electron chi connectivity index (χ1n) is 12.2. The van der Waals surface area contributed by atoms with E-state index in [9.17, 15) is 4.79 Å². The molecule has 3 aromatic carbocycles. The SMILES string of the molecule is CCC(C)c1ccc(OCCCn2c(CNC(=O)c3cccc(OC)c3)nc3ccccc32)cc1. The van der Waals surface area contributed by atoms with Crippen molar-refractivity contribution in [2.45, 2.75) is 45.7 Å². The van der Waals surface area contributed by atoms with Crippen LogP contribution in [0.25, 0.3) is 11.0 Å². The Kier molecular flexibility index (Phi) is 8.03. The Morgan fingerprint density at radius 3 is 2.60 bits per heavy atom. The number of amides is 1. The van der Waals surface area contributed by atoms with E-state index in [1.165, 1.54) is 5.56 Å². The second-order valence-electron chi connectivity index (χ2n) is 8.66. The third-order valence-electron chi connectivity index (χ3n) is 6.33. The predicted molar refractivity (Wildman–Crippen MR) is 139 cm³/mol. The van der Waals surface area contributed by atoms with Crippen LogP contribution < -0.4 is 14.8 Å². The number of hydrogen-bond acceptors (Lipinski definition) is 4. The number of hydrogen-bond donors (Lipinski definition) is 1. The number of benzene rings is 3. The molecule has 6 heteroatoms. The number of nitrogens with zero attached hydrogens (tertiary/aromatic N) is 2. The van der Waals surface area contributed by atoms with Gasteiger partial charge >= 0.3 is 0 Å². The fourth-order valence-electron chi connectivity index (χ4n) is 4.08. The maximum absolute atomic E-state index is 12.7. The van der Waals surface area contributed by atoms with E-state index in [2.05, 4.69) is 41.9 Å². The summed E-state index contributed by atoms with van der Waals surface area (Å²) in [7, 11) is 1.59. The molecule has 0 fully saturated rings. The van der Waals surface area contributed by atoms with Crippen LogP contribution in [-0.4, -0.2) is 29.2 Å². The van der Waals surface area contributed by atoms with Crippen LogP contribution in [0, 0.1) is 0 Å². The molecular formula is C29H33N3O3. The van der Waals surface area contributed by atoms with E-state index in [4.69, 9.17) is 14.5 Å². The van der Waals surface area contributed by atoms with Crippen LogP contribution in [0.1, 0.15) is 54.4 Å². The molecule has 0 bridgehead atoms. The highest BCUT2D eigenvalue weighted by atomic mass is 16.5. The topological polar surface area (TPSA) is 65.4 Å². The van der Waals surface area contributed by atoms with Gasteiger partial charge in [-0.15, -0.1) is 0 Å². The molecule has 182 valence electrons. The molecule has 1 unspecified atom stereocenters. The molecule has 0 spiro atoms. The molecule has 1 atom stereocenters. The molecule has 0 aliphatic rings. The number of ether oxygens (including phenoxy) is 2. The first-order valence-corrected chi connectivity index (χ1v) is 12.2. The van der Waals surface area contributed by atoms with E-state index in [1.807, 2.05) is 36.4 Å². The van der Waals surface area contributed by atoms with E-state index in [0.29, 0.717) is 30.4 Å². The van der Waals surface area contributed by atoms with Crippen molar-refractivity contribution in [1.29, 1.82) is 0 Å². The molecule has 35 heavy (non-hydrogen) atoms. The Balaban J connectivity index is 1.38. The Morgan fingerprint density at radius 2 is 1.83 bits per heavy atom. The average molecular weight is 472 g/mol. The van der Waals surface area contributed by atoms with Gasteiger partial charge in [-0.25, -0.2) is 4.98 Å². The second kappa shape index (κ2) is 11.6. The highest BCUT2D eigenvalue weighted by Crippen LogP contribution is 2.22. The molecule has 4 rings (SSSR count). The number of aromatic nitrogens is 2. The summed E-state index contributed by atoms with van der Waals surface area (Å²) in [4.78, 5) is 17.5. The molecule has 1 N–H and O–H groups in total. The van der Waals surface area contributed by atoms with E-state index < -0.39 is 0 Å². The minimum atomic E-state index is -0.160. The number of methoxy groups -OCH3 is 1. The quantitative estimate of drug-likeness (QED) is 0.274. The monoisotopic (exact) mass is 471 g/mol. The third-order valence-corrected chi connectivity index (χ3v) is 6.33.